The first-order chi connectivity index (χ1) is 8.22. The Hall–Kier alpha value is -0.990. The van der Waals surface area contributed by atoms with Gasteiger partial charge in [-0.2, -0.15) is 0 Å². The van der Waals surface area contributed by atoms with Gasteiger partial charge < -0.3 is 9.67 Å². The number of nitrogens with zero attached hydrogens (tertiary/aromatic N) is 1. The van der Waals surface area contributed by atoms with E-state index >= 15 is 0 Å². The lowest BCUT2D eigenvalue weighted by atomic mass is 10.1. The third-order valence-corrected chi connectivity index (χ3v) is 3.43. The number of fused-ring (bicyclic) bond motifs is 1. The first-order valence-corrected chi connectivity index (χ1v) is 6.45. The summed E-state index contributed by atoms with van der Waals surface area (Å²) in [5.74, 6) is 0. The van der Waals surface area contributed by atoms with Crippen LogP contribution in [0, 0.1) is 0 Å². The molecule has 3 heteroatoms. The third kappa shape index (κ3) is 2.82. The van der Waals surface area contributed by atoms with Gasteiger partial charge in [-0.15, -0.1) is 0 Å². The van der Waals surface area contributed by atoms with Gasteiger partial charge in [-0.1, -0.05) is 18.0 Å². The molecule has 1 aromatic carbocycles. The van der Waals surface area contributed by atoms with E-state index in [1.54, 1.807) is 0 Å². The van der Waals surface area contributed by atoms with E-state index in [4.69, 9.17) is 16.7 Å². The Morgan fingerprint density at radius 2 is 2.00 bits per heavy atom. The van der Waals surface area contributed by atoms with E-state index in [1.807, 2.05) is 12.1 Å². The Kier molecular flexibility index (Phi) is 4.08. The molecule has 1 heterocycles. The van der Waals surface area contributed by atoms with Crippen LogP contribution < -0.4 is 0 Å². The number of rotatable bonds is 5. The molecule has 1 N–H and O–H groups in total. The van der Waals surface area contributed by atoms with Crippen LogP contribution in [0.25, 0.3) is 10.9 Å². The maximum atomic E-state index is 8.74. The van der Waals surface area contributed by atoms with Crippen molar-refractivity contribution in [1.82, 2.24) is 4.57 Å². The van der Waals surface area contributed by atoms with Crippen molar-refractivity contribution in [3.63, 3.8) is 0 Å². The van der Waals surface area contributed by atoms with Gasteiger partial charge in [0.15, 0.2) is 0 Å². The summed E-state index contributed by atoms with van der Waals surface area (Å²) in [4.78, 5) is 0. The zero-order valence-electron chi connectivity index (χ0n) is 10.1. The molecule has 0 radical (unpaired) electrons. The number of halogens is 1. The Morgan fingerprint density at radius 3 is 2.76 bits per heavy atom. The minimum atomic E-state index is 0.296. The van der Waals surface area contributed by atoms with Gasteiger partial charge in [0.25, 0.3) is 0 Å². The van der Waals surface area contributed by atoms with Crippen LogP contribution in [0.1, 0.15) is 25.0 Å². The normalized spacial score (nSPS) is 11.2. The van der Waals surface area contributed by atoms with Crippen molar-refractivity contribution in [3.05, 3.63) is 35.0 Å². The van der Waals surface area contributed by atoms with Crippen molar-refractivity contribution in [2.75, 3.05) is 6.61 Å². The monoisotopic (exact) mass is 251 g/mol. The number of benzene rings is 1. The van der Waals surface area contributed by atoms with Crippen molar-refractivity contribution in [1.29, 1.82) is 0 Å². The molecule has 0 saturated heterocycles. The first-order valence-electron chi connectivity index (χ1n) is 6.07. The summed E-state index contributed by atoms with van der Waals surface area (Å²) in [5.41, 5.74) is 2.56. The lowest BCUT2D eigenvalue weighted by molar-refractivity contribution is 0.283. The summed E-state index contributed by atoms with van der Waals surface area (Å²) in [5, 5.41) is 10.7. The van der Waals surface area contributed by atoms with E-state index < -0.39 is 0 Å². The number of aliphatic hydroxyl groups excluding tert-OH is 1. The van der Waals surface area contributed by atoms with Gasteiger partial charge in [0, 0.05) is 35.3 Å². The largest absolute Gasteiger partial charge is 0.396 e. The molecule has 0 unspecified atom stereocenters. The Morgan fingerprint density at radius 1 is 1.18 bits per heavy atom. The predicted molar refractivity (Wildman–Crippen MR) is 72.6 cm³/mol. The van der Waals surface area contributed by atoms with Crippen LogP contribution in [0.2, 0.25) is 5.02 Å². The maximum Gasteiger partial charge on any atom is 0.0480 e. The summed E-state index contributed by atoms with van der Waals surface area (Å²) < 4.78 is 2.23. The molecule has 2 aromatic rings. The van der Waals surface area contributed by atoms with E-state index in [9.17, 15) is 0 Å². The molecule has 0 aliphatic rings. The molecule has 0 fully saturated rings. The standard InChI is InChI=1S/C14H18ClNO/c1-16-13(5-3-2-4-8-17)10-11-9-12(15)6-7-14(11)16/h6-7,9-10,17H,2-5,8H2,1H3. The fourth-order valence-electron chi connectivity index (χ4n) is 2.21. The molecule has 0 atom stereocenters. The molecule has 1 aromatic heterocycles. The van der Waals surface area contributed by atoms with Crippen LogP contribution >= 0.6 is 11.6 Å². The van der Waals surface area contributed by atoms with E-state index in [0.717, 1.165) is 30.7 Å². The van der Waals surface area contributed by atoms with Crippen LogP contribution in [0.5, 0.6) is 0 Å². The third-order valence-electron chi connectivity index (χ3n) is 3.19. The van der Waals surface area contributed by atoms with Gasteiger partial charge in [-0.3, -0.25) is 0 Å². The second kappa shape index (κ2) is 5.56. The number of hydrogen-bond acceptors (Lipinski definition) is 1. The van der Waals surface area contributed by atoms with Gasteiger partial charge in [-0.25, -0.2) is 0 Å². The van der Waals surface area contributed by atoms with Crippen molar-refractivity contribution >= 4 is 22.5 Å². The van der Waals surface area contributed by atoms with Gasteiger partial charge in [0.1, 0.15) is 0 Å². The highest BCUT2D eigenvalue weighted by Gasteiger charge is 2.05. The summed E-state index contributed by atoms with van der Waals surface area (Å²) in [6.07, 6.45) is 4.16. The molecule has 2 rings (SSSR count). The van der Waals surface area contributed by atoms with Crippen LogP contribution in [0.15, 0.2) is 24.3 Å². The smallest absolute Gasteiger partial charge is 0.0480 e. The van der Waals surface area contributed by atoms with Crippen LogP contribution in [0.3, 0.4) is 0 Å². The minimum Gasteiger partial charge on any atom is -0.396 e. The molecule has 2 nitrogen and oxygen atoms in total. The topological polar surface area (TPSA) is 25.2 Å². The summed E-state index contributed by atoms with van der Waals surface area (Å²) in [6, 6.07) is 8.21. The minimum absolute atomic E-state index is 0.296. The molecule has 0 spiro atoms. The zero-order chi connectivity index (χ0) is 12.3. The van der Waals surface area contributed by atoms with Gasteiger partial charge in [0.2, 0.25) is 0 Å². The van der Waals surface area contributed by atoms with Crippen LogP contribution in [0.4, 0.5) is 0 Å². The highest BCUT2D eigenvalue weighted by atomic mass is 35.5. The molecule has 0 bridgehead atoms. The predicted octanol–water partition coefficient (Wildman–Crippen LogP) is 3.54. The molecule has 0 aliphatic heterocycles. The van der Waals surface area contributed by atoms with Gasteiger partial charge >= 0.3 is 0 Å². The lowest BCUT2D eigenvalue weighted by Gasteiger charge is -2.03. The zero-order valence-corrected chi connectivity index (χ0v) is 10.9. The lowest BCUT2D eigenvalue weighted by Crippen LogP contribution is -1.96. The maximum absolute atomic E-state index is 8.74. The van der Waals surface area contributed by atoms with Crippen molar-refractivity contribution in [2.45, 2.75) is 25.7 Å². The van der Waals surface area contributed by atoms with E-state index in [2.05, 4.69) is 23.7 Å². The quantitative estimate of drug-likeness (QED) is 0.808. The number of aliphatic hydroxyl groups is 1. The molecular weight excluding hydrogens is 234 g/mol. The van der Waals surface area contributed by atoms with Crippen LogP contribution in [-0.2, 0) is 13.5 Å². The van der Waals surface area contributed by atoms with Crippen LogP contribution in [-0.4, -0.2) is 16.3 Å². The Labute approximate surface area is 107 Å². The number of unbranched alkanes of at least 4 members (excludes halogenated alkanes) is 2. The van der Waals surface area contributed by atoms with Gasteiger partial charge in [-0.05, 0) is 43.5 Å². The van der Waals surface area contributed by atoms with Gasteiger partial charge in [0.05, 0.1) is 0 Å². The molecule has 17 heavy (non-hydrogen) atoms. The summed E-state index contributed by atoms with van der Waals surface area (Å²) in [6.45, 7) is 0.296. The first kappa shape index (κ1) is 12.5. The SMILES string of the molecule is Cn1c(CCCCCO)cc2cc(Cl)ccc21. The second-order valence-corrected chi connectivity index (χ2v) is 4.87. The highest BCUT2D eigenvalue weighted by Crippen LogP contribution is 2.23. The number of hydrogen-bond donors (Lipinski definition) is 1. The summed E-state index contributed by atoms with van der Waals surface area (Å²) in [7, 11) is 2.09. The number of aryl methyl sites for hydroxylation is 2. The molecule has 92 valence electrons. The van der Waals surface area contributed by atoms with Crippen molar-refractivity contribution in [3.8, 4) is 0 Å². The fourth-order valence-corrected chi connectivity index (χ4v) is 2.39. The van der Waals surface area contributed by atoms with Crippen molar-refractivity contribution < 1.29 is 5.11 Å². The second-order valence-electron chi connectivity index (χ2n) is 4.43. The fraction of sp³-hybridized carbons (Fsp3) is 0.429. The molecule has 0 aliphatic carbocycles. The Balaban J connectivity index is 2.15. The molecule has 0 saturated carbocycles. The Bertz CT molecular complexity index is 504. The highest BCUT2D eigenvalue weighted by molar-refractivity contribution is 6.31. The average molecular weight is 252 g/mol. The summed E-state index contributed by atoms with van der Waals surface area (Å²) >= 11 is 5.99. The molecular formula is C14H18ClNO. The van der Waals surface area contributed by atoms with E-state index in [-0.39, 0.29) is 0 Å². The number of aromatic nitrogens is 1. The molecule has 0 amide bonds. The van der Waals surface area contributed by atoms with Crippen molar-refractivity contribution in [2.24, 2.45) is 7.05 Å². The van der Waals surface area contributed by atoms with E-state index in [1.165, 1.54) is 16.6 Å². The van der Waals surface area contributed by atoms with E-state index in [0.29, 0.717) is 6.61 Å². The average Bonchev–Trinajstić information content (AvgIpc) is 2.61.